The van der Waals surface area contributed by atoms with Gasteiger partial charge in [-0.2, -0.15) is 5.10 Å². The Labute approximate surface area is 88.1 Å². The highest BCUT2D eigenvalue weighted by molar-refractivity contribution is 6.30. The van der Waals surface area contributed by atoms with Crippen molar-refractivity contribution in [2.24, 2.45) is 0 Å². The van der Waals surface area contributed by atoms with E-state index in [1.807, 2.05) is 0 Å². The third-order valence-electron chi connectivity index (χ3n) is 2.73. The lowest BCUT2D eigenvalue weighted by molar-refractivity contribution is 0.115. The molecule has 0 bridgehead atoms. The van der Waals surface area contributed by atoms with Crippen LogP contribution in [-0.2, 0) is 0 Å². The summed E-state index contributed by atoms with van der Waals surface area (Å²) in [5.41, 5.74) is 0. The second-order valence-electron chi connectivity index (χ2n) is 3.72. The van der Waals surface area contributed by atoms with Crippen LogP contribution in [0.4, 0.5) is 0 Å². The fraction of sp³-hybridized carbons (Fsp3) is 0.667. The molecular formula is C9H14ClN3O. The molecule has 0 spiro atoms. The summed E-state index contributed by atoms with van der Waals surface area (Å²) in [6.45, 7) is 1.06. The molecular weight excluding hydrogens is 202 g/mol. The van der Waals surface area contributed by atoms with Crippen LogP contribution in [0.1, 0.15) is 25.4 Å². The van der Waals surface area contributed by atoms with Gasteiger partial charge in [0.05, 0.1) is 6.20 Å². The van der Waals surface area contributed by atoms with Gasteiger partial charge in [-0.1, -0.05) is 11.6 Å². The van der Waals surface area contributed by atoms with Crippen molar-refractivity contribution in [3.05, 3.63) is 11.3 Å². The molecule has 2 heterocycles. The Balaban J connectivity index is 2.24. The van der Waals surface area contributed by atoms with Gasteiger partial charge < -0.3 is 5.11 Å². The lowest BCUT2D eigenvalue weighted by atomic mass is 10.1. The fourth-order valence-corrected chi connectivity index (χ4v) is 2.12. The first-order valence-electron chi connectivity index (χ1n) is 4.82. The van der Waals surface area contributed by atoms with Gasteiger partial charge in [-0.3, -0.25) is 4.90 Å². The molecule has 0 aliphatic carbocycles. The van der Waals surface area contributed by atoms with Crippen molar-refractivity contribution in [1.29, 1.82) is 0 Å². The minimum Gasteiger partial charge on any atom is -0.504 e. The van der Waals surface area contributed by atoms with Gasteiger partial charge in [-0.15, -0.1) is 0 Å². The van der Waals surface area contributed by atoms with Crippen LogP contribution in [0, 0.1) is 0 Å². The Morgan fingerprint density at radius 2 is 2.36 bits per heavy atom. The topological polar surface area (TPSA) is 41.3 Å². The van der Waals surface area contributed by atoms with Crippen LogP contribution < -0.4 is 0 Å². The number of rotatable bonds is 1. The van der Waals surface area contributed by atoms with Crippen molar-refractivity contribution in [2.45, 2.75) is 25.4 Å². The summed E-state index contributed by atoms with van der Waals surface area (Å²) in [7, 11) is 2.05. The summed E-state index contributed by atoms with van der Waals surface area (Å²) in [6.07, 6.45) is 5.03. The van der Waals surface area contributed by atoms with E-state index >= 15 is 0 Å². The minimum atomic E-state index is 0.0608. The predicted octanol–water partition coefficient (Wildman–Crippen LogP) is 1.86. The van der Waals surface area contributed by atoms with E-state index in [4.69, 9.17) is 11.6 Å². The third-order valence-corrected chi connectivity index (χ3v) is 3.10. The van der Waals surface area contributed by atoms with Crippen LogP contribution in [0.25, 0.3) is 0 Å². The molecule has 78 valence electrons. The van der Waals surface area contributed by atoms with Crippen LogP contribution in [0.15, 0.2) is 6.20 Å². The van der Waals surface area contributed by atoms with E-state index in [0.717, 1.165) is 13.0 Å². The number of piperidine rings is 1. The lowest BCUT2D eigenvalue weighted by Crippen LogP contribution is -2.34. The molecule has 1 saturated heterocycles. The zero-order valence-corrected chi connectivity index (χ0v) is 8.91. The maximum Gasteiger partial charge on any atom is 0.173 e. The number of likely N-dealkylation sites (tertiary alicyclic amines) is 1. The molecule has 1 fully saturated rings. The highest BCUT2D eigenvalue weighted by atomic mass is 35.5. The van der Waals surface area contributed by atoms with E-state index in [2.05, 4.69) is 17.0 Å². The predicted molar refractivity (Wildman–Crippen MR) is 54.4 cm³/mol. The number of halogens is 1. The highest BCUT2D eigenvalue weighted by Crippen LogP contribution is 2.30. The zero-order chi connectivity index (χ0) is 10.1. The number of hydrogen-bond acceptors (Lipinski definition) is 3. The summed E-state index contributed by atoms with van der Waals surface area (Å²) in [6, 6.07) is 0. The Bertz CT molecular complexity index is 326. The molecule has 0 amide bonds. The quantitative estimate of drug-likeness (QED) is 0.778. The van der Waals surface area contributed by atoms with Gasteiger partial charge >= 0.3 is 0 Å². The first kappa shape index (κ1) is 9.80. The molecule has 2 rings (SSSR count). The average Bonchev–Trinajstić information content (AvgIpc) is 2.49. The normalized spacial score (nSPS) is 24.0. The van der Waals surface area contributed by atoms with E-state index in [0.29, 0.717) is 5.15 Å². The van der Waals surface area contributed by atoms with E-state index in [1.54, 1.807) is 4.68 Å². The lowest BCUT2D eigenvalue weighted by Gasteiger charge is -2.32. The summed E-state index contributed by atoms with van der Waals surface area (Å²) < 4.78 is 1.69. The Morgan fingerprint density at radius 1 is 1.57 bits per heavy atom. The van der Waals surface area contributed by atoms with Gasteiger partial charge in [0.15, 0.2) is 10.9 Å². The molecule has 1 aliphatic rings. The number of nitrogens with zero attached hydrogens (tertiary/aromatic N) is 3. The van der Waals surface area contributed by atoms with Crippen molar-refractivity contribution in [1.82, 2.24) is 14.7 Å². The summed E-state index contributed by atoms with van der Waals surface area (Å²) in [5.74, 6) is 0.0608. The first-order chi connectivity index (χ1) is 6.70. The van der Waals surface area contributed by atoms with Gasteiger partial charge in [-0.25, -0.2) is 4.68 Å². The minimum absolute atomic E-state index is 0.0608. The Morgan fingerprint density at radius 3 is 2.93 bits per heavy atom. The molecule has 1 atom stereocenters. The summed E-state index contributed by atoms with van der Waals surface area (Å²) in [5, 5.41) is 13.7. The number of aromatic hydroxyl groups is 1. The smallest absolute Gasteiger partial charge is 0.173 e. The standard InChI is InChI=1S/C9H14ClN3O/c1-12-5-3-2-4-8(12)13-9(10)7(14)6-11-13/h6,8,14H,2-5H2,1H3. The van der Waals surface area contributed by atoms with Gasteiger partial charge in [0.2, 0.25) is 0 Å². The van der Waals surface area contributed by atoms with Crippen LogP contribution in [-0.4, -0.2) is 33.4 Å². The van der Waals surface area contributed by atoms with Crippen molar-refractivity contribution < 1.29 is 5.11 Å². The second-order valence-corrected chi connectivity index (χ2v) is 4.08. The monoisotopic (exact) mass is 215 g/mol. The maximum absolute atomic E-state index is 9.32. The van der Waals surface area contributed by atoms with Gasteiger partial charge in [-0.05, 0) is 32.9 Å². The number of aromatic nitrogens is 2. The molecule has 1 aromatic rings. The third kappa shape index (κ3) is 1.60. The molecule has 0 aromatic carbocycles. The molecule has 4 nitrogen and oxygen atoms in total. The largest absolute Gasteiger partial charge is 0.504 e. The van der Waals surface area contributed by atoms with Crippen molar-refractivity contribution in [2.75, 3.05) is 13.6 Å². The van der Waals surface area contributed by atoms with E-state index in [1.165, 1.54) is 19.0 Å². The average molecular weight is 216 g/mol. The van der Waals surface area contributed by atoms with Crippen molar-refractivity contribution >= 4 is 11.6 Å². The van der Waals surface area contributed by atoms with Crippen LogP contribution in [0.5, 0.6) is 5.75 Å². The maximum atomic E-state index is 9.32. The van der Waals surface area contributed by atoms with Crippen molar-refractivity contribution in [3.63, 3.8) is 0 Å². The second kappa shape index (κ2) is 3.79. The first-order valence-corrected chi connectivity index (χ1v) is 5.20. The molecule has 1 N–H and O–H groups in total. The van der Waals surface area contributed by atoms with E-state index in [9.17, 15) is 5.11 Å². The fourth-order valence-electron chi connectivity index (χ4n) is 1.91. The van der Waals surface area contributed by atoms with Gasteiger partial charge in [0.25, 0.3) is 0 Å². The van der Waals surface area contributed by atoms with E-state index in [-0.39, 0.29) is 11.9 Å². The summed E-state index contributed by atoms with van der Waals surface area (Å²) >= 11 is 5.93. The Hall–Kier alpha value is -0.740. The molecule has 0 saturated carbocycles. The molecule has 1 unspecified atom stereocenters. The molecule has 1 aromatic heterocycles. The molecule has 1 aliphatic heterocycles. The van der Waals surface area contributed by atoms with E-state index < -0.39 is 0 Å². The van der Waals surface area contributed by atoms with Crippen molar-refractivity contribution in [3.8, 4) is 5.75 Å². The molecule has 5 heteroatoms. The van der Waals surface area contributed by atoms with Gasteiger partial charge in [0, 0.05) is 0 Å². The molecule has 0 radical (unpaired) electrons. The Kier molecular flexibility index (Phi) is 2.65. The van der Waals surface area contributed by atoms with Crippen LogP contribution >= 0.6 is 11.6 Å². The highest BCUT2D eigenvalue weighted by Gasteiger charge is 2.23. The molecule has 14 heavy (non-hydrogen) atoms. The van der Waals surface area contributed by atoms with Gasteiger partial charge in [0.1, 0.15) is 6.17 Å². The summed E-state index contributed by atoms with van der Waals surface area (Å²) in [4.78, 5) is 2.21. The zero-order valence-electron chi connectivity index (χ0n) is 8.15. The van der Waals surface area contributed by atoms with Crippen LogP contribution in [0.2, 0.25) is 5.15 Å². The SMILES string of the molecule is CN1CCCCC1n1ncc(O)c1Cl. The van der Waals surface area contributed by atoms with Crippen LogP contribution in [0.3, 0.4) is 0 Å². The number of hydrogen-bond donors (Lipinski definition) is 1.